The Bertz CT molecular complexity index is 1280. The van der Waals surface area contributed by atoms with Crippen LogP contribution in [0.2, 0.25) is 0 Å². The normalized spacial score (nSPS) is 19.4. The van der Waals surface area contributed by atoms with Crippen LogP contribution >= 0.6 is 0 Å². The number of rotatable bonds is 8. The van der Waals surface area contributed by atoms with E-state index in [2.05, 4.69) is 10.6 Å². The summed E-state index contributed by atoms with van der Waals surface area (Å²) in [5, 5.41) is 35.8. The number of fused-ring (bicyclic) bond motifs is 1. The van der Waals surface area contributed by atoms with Crippen molar-refractivity contribution in [1.29, 1.82) is 0 Å². The highest BCUT2D eigenvalue weighted by Gasteiger charge is 2.40. The predicted octanol–water partition coefficient (Wildman–Crippen LogP) is -0.741. The standard InChI is InChI=1S/C26H32BN5O8/c1-2-31-12-13-32(24(35)23(31)34)26(38)30-20(16-8-6-15(7-9-16)10-11-28)22(33)29-19-14-17-4-3-5-18(25(36)37)21(17)40-27(19)39/h3-9,19-20,24,35,39H,2,10-14,28H2,1H3,(H,29,33)(H,30,38)(H,36,37)/t19-,20?,24?/m0/s1. The number of aromatic carboxylic acids is 1. The predicted molar refractivity (Wildman–Crippen MR) is 143 cm³/mol. The fourth-order valence-electron chi connectivity index (χ4n) is 4.82. The van der Waals surface area contributed by atoms with E-state index in [-0.39, 0.29) is 30.8 Å². The lowest BCUT2D eigenvalue weighted by Gasteiger charge is -2.38. The average Bonchev–Trinajstić information content (AvgIpc) is 2.93. The maximum Gasteiger partial charge on any atom is 0.547 e. The third kappa shape index (κ3) is 6.03. The summed E-state index contributed by atoms with van der Waals surface area (Å²) in [4.78, 5) is 53.1. The van der Waals surface area contributed by atoms with Crippen LogP contribution in [0, 0.1) is 0 Å². The number of aliphatic hydroxyl groups is 1. The Morgan fingerprint density at radius 1 is 1.18 bits per heavy atom. The largest absolute Gasteiger partial charge is 0.547 e. The van der Waals surface area contributed by atoms with Crippen LogP contribution in [0.25, 0.3) is 0 Å². The fraction of sp³-hybridized carbons (Fsp3) is 0.385. The molecule has 0 saturated carbocycles. The molecule has 4 amide bonds. The van der Waals surface area contributed by atoms with E-state index >= 15 is 0 Å². The molecule has 0 spiro atoms. The van der Waals surface area contributed by atoms with Gasteiger partial charge < -0.3 is 41.2 Å². The lowest BCUT2D eigenvalue weighted by molar-refractivity contribution is -0.153. The number of carbonyl (C=O) groups is 4. The van der Waals surface area contributed by atoms with Crippen molar-refractivity contribution in [3.05, 3.63) is 64.7 Å². The van der Waals surface area contributed by atoms with Crippen LogP contribution in [0.1, 0.15) is 40.0 Å². The minimum atomic E-state index is -1.70. The smallest absolute Gasteiger partial charge is 0.534 e. The van der Waals surface area contributed by atoms with E-state index in [1.54, 1.807) is 43.3 Å². The second-order valence-corrected chi connectivity index (χ2v) is 9.57. The van der Waals surface area contributed by atoms with Gasteiger partial charge in [-0.15, -0.1) is 0 Å². The fourth-order valence-corrected chi connectivity index (χ4v) is 4.82. The zero-order chi connectivity index (χ0) is 29.0. The average molecular weight is 553 g/mol. The number of carboxylic acid groups (broad SMARTS) is 1. The summed E-state index contributed by atoms with van der Waals surface area (Å²) < 4.78 is 5.47. The third-order valence-corrected chi connectivity index (χ3v) is 7.03. The molecule has 2 aliphatic rings. The van der Waals surface area contributed by atoms with Gasteiger partial charge in [0.05, 0.1) is 11.5 Å². The van der Waals surface area contributed by atoms with Crippen molar-refractivity contribution in [3.8, 4) is 5.75 Å². The van der Waals surface area contributed by atoms with Gasteiger partial charge in [-0.05, 0) is 49.1 Å². The molecule has 0 radical (unpaired) electrons. The second kappa shape index (κ2) is 12.4. The van der Waals surface area contributed by atoms with Crippen molar-refractivity contribution in [3.63, 3.8) is 0 Å². The van der Waals surface area contributed by atoms with Crippen LogP contribution in [0.3, 0.4) is 0 Å². The van der Waals surface area contributed by atoms with Gasteiger partial charge in [0.2, 0.25) is 12.1 Å². The Hall–Kier alpha value is -4.14. The molecule has 7 N–H and O–H groups in total. The van der Waals surface area contributed by atoms with E-state index in [4.69, 9.17) is 10.4 Å². The van der Waals surface area contributed by atoms with Crippen LogP contribution in [-0.2, 0) is 22.4 Å². The molecule has 3 atom stereocenters. The Kier molecular flexibility index (Phi) is 8.92. The van der Waals surface area contributed by atoms with Crippen molar-refractivity contribution in [1.82, 2.24) is 20.4 Å². The lowest BCUT2D eigenvalue weighted by atomic mass is 9.72. The highest BCUT2D eigenvalue weighted by Crippen LogP contribution is 2.30. The Labute approximate surface area is 231 Å². The molecular weight excluding hydrogens is 521 g/mol. The summed E-state index contributed by atoms with van der Waals surface area (Å²) in [5.74, 6) is -3.44. The molecular formula is C26H32BN5O8. The summed E-state index contributed by atoms with van der Waals surface area (Å²) in [5.41, 5.74) is 7.34. The van der Waals surface area contributed by atoms with Gasteiger partial charge in [-0.25, -0.2) is 9.59 Å². The number of nitrogens with zero attached hydrogens (tertiary/aromatic N) is 2. The topological polar surface area (TPSA) is 195 Å². The summed E-state index contributed by atoms with van der Waals surface area (Å²) in [6, 6.07) is 9.32. The summed E-state index contributed by atoms with van der Waals surface area (Å²) in [7, 11) is -1.55. The van der Waals surface area contributed by atoms with Crippen molar-refractivity contribution in [2.45, 2.75) is 38.0 Å². The molecule has 2 aromatic carbocycles. The van der Waals surface area contributed by atoms with E-state index in [0.717, 1.165) is 10.5 Å². The molecule has 2 heterocycles. The molecule has 2 aliphatic heterocycles. The van der Waals surface area contributed by atoms with Gasteiger partial charge in [-0.3, -0.25) is 14.5 Å². The molecule has 0 aliphatic carbocycles. The number of urea groups is 1. The van der Waals surface area contributed by atoms with E-state index in [9.17, 15) is 34.4 Å². The first kappa shape index (κ1) is 28.9. The molecule has 1 fully saturated rings. The minimum absolute atomic E-state index is 0.0261. The van der Waals surface area contributed by atoms with E-state index in [1.165, 1.54) is 11.0 Å². The molecule has 212 valence electrons. The SMILES string of the molecule is CCN1CCN(C(=O)NC(C(=O)N[C@H]2Cc3cccc(C(=O)O)c3OB2O)c2ccc(CCN)cc2)C(O)C1=O. The van der Waals surface area contributed by atoms with Crippen molar-refractivity contribution in [2.24, 2.45) is 5.73 Å². The number of nitrogens with two attached hydrogens (primary N) is 1. The van der Waals surface area contributed by atoms with Gasteiger partial charge >= 0.3 is 19.1 Å². The zero-order valence-corrected chi connectivity index (χ0v) is 21.9. The number of carbonyl (C=O) groups excluding carboxylic acids is 3. The molecule has 2 unspecified atom stereocenters. The highest BCUT2D eigenvalue weighted by atomic mass is 16.5. The number of hydrogen-bond donors (Lipinski definition) is 6. The molecule has 0 aromatic heterocycles. The number of benzene rings is 2. The maximum atomic E-state index is 13.6. The first-order valence-electron chi connectivity index (χ1n) is 13.0. The van der Waals surface area contributed by atoms with Gasteiger partial charge in [0.1, 0.15) is 11.8 Å². The number of carboxylic acids is 1. The van der Waals surface area contributed by atoms with Gasteiger partial charge in [-0.1, -0.05) is 36.4 Å². The number of hydrogen-bond acceptors (Lipinski definition) is 8. The van der Waals surface area contributed by atoms with Crippen LogP contribution < -0.4 is 21.0 Å². The molecule has 2 aromatic rings. The highest BCUT2D eigenvalue weighted by molar-refractivity contribution is 6.47. The first-order chi connectivity index (χ1) is 19.1. The third-order valence-electron chi connectivity index (χ3n) is 7.03. The Morgan fingerprint density at radius 3 is 2.55 bits per heavy atom. The second-order valence-electron chi connectivity index (χ2n) is 9.57. The molecule has 13 nitrogen and oxygen atoms in total. The van der Waals surface area contributed by atoms with E-state index in [0.29, 0.717) is 30.6 Å². The molecule has 14 heteroatoms. The molecule has 40 heavy (non-hydrogen) atoms. The summed E-state index contributed by atoms with van der Waals surface area (Å²) >= 11 is 0. The van der Waals surface area contributed by atoms with Crippen molar-refractivity contribution < 1.29 is 39.1 Å². The van der Waals surface area contributed by atoms with Crippen LogP contribution in [0.4, 0.5) is 4.79 Å². The van der Waals surface area contributed by atoms with Crippen molar-refractivity contribution in [2.75, 3.05) is 26.2 Å². The number of amides is 4. The lowest BCUT2D eigenvalue weighted by Crippen LogP contribution is -2.61. The summed E-state index contributed by atoms with van der Waals surface area (Å²) in [6.45, 7) is 2.87. The Balaban J connectivity index is 1.55. The van der Waals surface area contributed by atoms with Gasteiger partial charge in [0.25, 0.3) is 5.91 Å². The monoisotopic (exact) mass is 553 g/mol. The van der Waals surface area contributed by atoms with Crippen LogP contribution in [-0.4, -0.2) is 94.3 Å². The zero-order valence-electron chi connectivity index (χ0n) is 21.9. The maximum absolute atomic E-state index is 13.6. The Morgan fingerprint density at radius 2 is 1.90 bits per heavy atom. The van der Waals surface area contributed by atoms with E-state index < -0.39 is 49.1 Å². The van der Waals surface area contributed by atoms with Gasteiger partial charge in [0.15, 0.2) is 0 Å². The molecule has 1 saturated heterocycles. The van der Waals surface area contributed by atoms with Gasteiger partial charge in [0, 0.05) is 19.6 Å². The number of aliphatic hydroxyl groups excluding tert-OH is 1. The van der Waals surface area contributed by atoms with Crippen LogP contribution in [0.5, 0.6) is 5.75 Å². The number of para-hydroxylation sites is 1. The van der Waals surface area contributed by atoms with Gasteiger partial charge in [-0.2, -0.15) is 0 Å². The number of piperazine rings is 1. The first-order valence-corrected chi connectivity index (χ1v) is 13.0. The number of likely N-dealkylation sites (N-methyl/N-ethyl adjacent to an activating group) is 1. The van der Waals surface area contributed by atoms with Crippen LogP contribution in [0.15, 0.2) is 42.5 Å². The van der Waals surface area contributed by atoms with E-state index in [1.807, 2.05) is 0 Å². The number of nitrogens with one attached hydrogen (secondary N) is 2. The summed E-state index contributed by atoms with van der Waals surface area (Å²) in [6.07, 6.45) is -1.01. The van der Waals surface area contributed by atoms with Crippen molar-refractivity contribution >= 4 is 30.9 Å². The molecule has 0 bridgehead atoms. The molecule has 4 rings (SSSR count). The quantitative estimate of drug-likeness (QED) is 0.228. The minimum Gasteiger partial charge on any atom is -0.534 e.